The van der Waals surface area contributed by atoms with Crippen LogP contribution in [0.15, 0.2) is 193 Å². The van der Waals surface area contributed by atoms with E-state index in [2.05, 4.69) is 0 Å². The number of aliphatic hydroxyl groups excluding tert-OH is 1. The van der Waals surface area contributed by atoms with E-state index in [9.17, 15) is 50.5 Å². The van der Waals surface area contributed by atoms with Crippen LogP contribution in [0.2, 0.25) is 15.1 Å². The van der Waals surface area contributed by atoms with Gasteiger partial charge in [-0.25, -0.2) is 50.5 Å². The van der Waals surface area contributed by atoms with E-state index in [1.807, 2.05) is 49.4 Å². The van der Waals surface area contributed by atoms with Crippen molar-refractivity contribution in [3.63, 3.8) is 0 Å². The molecule has 0 aliphatic carbocycles. The highest BCUT2D eigenvalue weighted by atomic mass is 35.5. The van der Waals surface area contributed by atoms with E-state index in [1.54, 1.807) is 91.0 Å². The van der Waals surface area contributed by atoms with Gasteiger partial charge in [0.1, 0.15) is 0 Å². The molecule has 0 atom stereocenters. The Morgan fingerprint density at radius 3 is 0.989 bits per heavy atom. The number of nitrogens with zero attached hydrogens (tertiary/aromatic N) is 6. The summed E-state index contributed by atoms with van der Waals surface area (Å²) in [6.45, 7) is 1.78. The van der Waals surface area contributed by atoms with Gasteiger partial charge in [-0.05, 0) is 114 Å². The third kappa shape index (κ3) is 27.1. The first-order chi connectivity index (χ1) is 41.5. The lowest BCUT2D eigenvalue weighted by molar-refractivity contribution is 0.282. The van der Waals surface area contributed by atoms with Crippen LogP contribution < -0.4 is 0 Å². The van der Waals surface area contributed by atoms with Crippen LogP contribution in [0.1, 0.15) is 49.7 Å². The Labute approximate surface area is 530 Å². The van der Waals surface area contributed by atoms with Crippen LogP contribution in [0, 0.1) is 74.9 Å². The van der Waals surface area contributed by atoms with Crippen molar-refractivity contribution in [1.82, 2.24) is 0 Å². The summed E-state index contributed by atoms with van der Waals surface area (Å²) in [5.74, 6) is -0.851. The van der Waals surface area contributed by atoms with Crippen LogP contribution in [0.4, 0.5) is 0 Å². The molecule has 7 rings (SSSR count). The van der Waals surface area contributed by atoms with Gasteiger partial charge in [-0.15, -0.1) is 0 Å². The number of halogens is 3. The van der Waals surface area contributed by atoms with E-state index in [-0.39, 0.29) is 109 Å². The highest BCUT2D eigenvalue weighted by Gasteiger charge is 2.18. The van der Waals surface area contributed by atoms with Crippen molar-refractivity contribution in [3.8, 4) is 36.4 Å². The van der Waals surface area contributed by atoms with Gasteiger partial charge in [-0.3, -0.25) is 0 Å². The number of sulfone groups is 6. The Morgan fingerprint density at radius 1 is 0.330 bits per heavy atom. The maximum absolute atomic E-state index is 11.9. The molecule has 0 fully saturated rings. The molecule has 7 aromatic rings. The number of fused-ring (bicyclic) bond motifs is 1. The third-order valence-corrected chi connectivity index (χ3v) is 22.7. The number of nitriles is 6. The molecule has 462 valence electrons. The van der Waals surface area contributed by atoms with E-state index < -0.39 is 59.0 Å². The predicted octanol–water partition coefficient (Wildman–Crippen LogP) is 11.2. The van der Waals surface area contributed by atoms with Crippen molar-refractivity contribution in [3.05, 3.63) is 190 Å². The van der Waals surface area contributed by atoms with Crippen molar-refractivity contribution >= 4 is 105 Å². The Balaban J connectivity index is 0.000000361. The standard InChI is InChI=1S/C13H11NO2S.C10H11NO3S.C10H11NO2S.C9H7Cl2NO2S.C9H8ClNO2S.C9H9NO2S/c14-8-3-9-17(15,16)13-7-6-11-4-1-2-5-12(11)10-13;11-6-1-7-15(13,14)10-4-2-9(8-12)3-5-10;1-9-3-5-10(6-4-9)14(12,13)8-2-7-11;10-8-3-2-7(6-9(8)11)15(13,14)5-1-4-12;10-8-2-4-9(5-3-8)14(12,13)7-1-6-11;10-7-4-8-13(11,12)9-5-2-1-3-6-9/h1-2,4-7,10H,3,9H2;2-5,12H,1,7-8H2;3-6H,2,8H2,1H3;2-3,6H,1,5H2;2-5H,1,7H2;1-3,5-6H,4,8H2. The number of aryl methyl sites for hydroxylation is 1. The molecule has 0 saturated heterocycles. The van der Waals surface area contributed by atoms with Crippen molar-refractivity contribution in [2.24, 2.45) is 0 Å². The average molecular weight is 1370 g/mol. The first-order valence-corrected chi connectivity index (χ1v) is 36.6. The summed E-state index contributed by atoms with van der Waals surface area (Å²) in [6.07, 6.45) is 0.0558. The molecule has 0 amide bonds. The SMILES string of the molecule is Cc1ccc(S(=O)(=O)CCC#N)cc1.N#CCCS(=O)(=O)c1ccc(CO)cc1.N#CCCS(=O)(=O)c1ccc(Cl)c(Cl)c1.N#CCCS(=O)(=O)c1ccc(Cl)cc1.N#CCCS(=O)(=O)c1ccc2ccccc2c1.N#CCCS(=O)(=O)c1ccccc1. The Bertz CT molecular complexity index is 4320. The predicted molar refractivity (Wildman–Crippen MR) is 336 cm³/mol. The number of hydrogen-bond donors (Lipinski definition) is 1. The smallest absolute Gasteiger partial charge is 0.179 e. The van der Waals surface area contributed by atoms with Gasteiger partial charge in [-0.2, -0.15) is 31.6 Å². The van der Waals surface area contributed by atoms with E-state index >= 15 is 0 Å². The monoisotopic (exact) mass is 1370 g/mol. The first kappa shape index (κ1) is 76.4. The summed E-state index contributed by atoms with van der Waals surface area (Å²) in [6, 6.07) is 54.3. The van der Waals surface area contributed by atoms with Gasteiger partial charge in [0.05, 0.1) is 117 Å². The molecule has 0 bridgehead atoms. The molecule has 7 aromatic carbocycles. The van der Waals surface area contributed by atoms with Crippen LogP contribution in [0.3, 0.4) is 0 Å². The molecule has 0 aliphatic rings. The van der Waals surface area contributed by atoms with E-state index in [0.29, 0.717) is 20.5 Å². The molecule has 28 heteroatoms. The summed E-state index contributed by atoms with van der Waals surface area (Å²) >= 11 is 17.0. The second kappa shape index (κ2) is 37.9. The summed E-state index contributed by atoms with van der Waals surface area (Å²) in [5, 5.41) is 61.6. The molecule has 0 radical (unpaired) electrons. The number of aliphatic hydroxyl groups is 1. The molecule has 19 nitrogen and oxygen atoms in total. The van der Waals surface area contributed by atoms with Gasteiger partial charge in [-0.1, -0.05) is 113 Å². The maximum atomic E-state index is 11.9. The molecule has 0 spiro atoms. The van der Waals surface area contributed by atoms with Crippen LogP contribution in [0.25, 0.3) is 10.8 Å². The minimum absolute atomic E-state index is 0.00492. The molecule has 0 aliphatic heterocycles. The minimum Gasteiger partial charge on any atom is -0.392 e. The fraction of sp³-hybridized carbons (Fsp3) is 0.233. The molecular formula is C60H57Cl3N6O13S6. The van der Waals surface area contributed by atoms with Crippen LogP contribution >= 0.6 is 34.8 Å². The highest BCUT2D eigenvalue weighted by molar-refractivity contribution is 7.92. The van der Waals surface area contributed by atoms with E-state index in [4.69, 9.17) is 71.5 Å². The van der Waals surface area contributed by atoms with Gasteiger partial charge in [0.25, 0.3) is 0 Å². The number of benzene rings is 7. The summed E-state index contributed by atoms with van der Waals surface area (Å²) < 4.78 is 139. The van der Waals surface area contributed by atoms with E-state index in [1.165, 1.54) is 66.7 Å². The van der Waals surface area contributed by atoms with Crippen molar-refractivity contribution in [2.75, 3.05) is 34.5 Å². The summed E-state index contributed by atoms with van der Waals surface area (Å²) in [4.78, 5) is 1.34. The maximum Gasteiger partial charge on any atom is 0.179 e. The minimum atomic E-state index is -3.43. The lowest BCUT2D eigenvalue weighted by atomic mass is 10.1. The van der Waals surface area contributed by atoms with E-state index in [0.717, 1.165) is 16.3 Å². The van der Waals surface area contributed by atoms with Crippen molar-refractivity contribution in [1.29, 1.82) is 31.6 Å². The molecule has 88 heavy (non-hydrogen) atoms. The zero-order valence-corrected chi connectivity index (χ0v) is 54.1. The summed E-state index contributed by atoms with van der Waals surface area (Å²) in [7, 11) is -19.9. The lowest BCUT2D eigenvalue weighted by Gasteiger charge is -2.04. The summed E-state index contributed by atoms with van der Waals surface area (Å²) in [5.41, 5.74) is 1.68. The zero-order valence-electron chi connectivity index (χ0n) is 46.9. The molecule has 1 N–H and O–H groups in total. The zero-order chi connectivity index (χ0) is 66.0. The second-order valence-corrected chi connectivity index (χ2v) is 31.7. The molecule has 0 saturated carbocycles. The van der Waals surface area contributed by atoms with Crippen LogP contribution in [0.5, 0.6) is 0 Å². The first-order valence-electron chi connectivity index (χ1n) is 25.6. The Hall–Kier alpha value is -7.73. The van der Waals surface area contributed by atoms with Crippen LogP contribution in [-0.4, -0.2) is 90.1 Å². The molecular weight excluding hydrogens is 1310 g/mol. The second-order valence-electron chi connectivity index (χ2n) is 17.8. The van der Waals surface area contributed by atoms with Gasteiger partial charge >= 0.3 is 0 Å². The van der Waals surface area contributed by atoms with Crippen LogP contribution in [-0.2, 0) is 65.6 Å². The normalized spacial score (nSPS) is 10.9. The number of hydrogen-bond acceptors (Lipinski definition) is 19. The number of rotatable bonds is 19. The largest absolute Gasteiger partial charge is 0.392 e. The quantitative estimate of drug-likeness (QED) is 0.0786. The van der Waals surface area contributed by atoms with Gasteiger partial charge in [0.2, 0.25) is 0 Å². The Kier molecular flexibility index (Phi) is 32.8. The highest BCUT2D eigenvalue weighted by Crippen LogP contribution is 2.26. The van der Waals surface area contributed by atoms with Crippen molar-refractivity contribution < 1.29 is 55.6 Å². The topological polar surface area (TPSA) is 368 Å². The fourth-order valence-electron chi connectivity index (χ4n) is 6.64. The molecule has 0 unspecified atom stereocenters. The fourth-order valence-corrected chi connectivity index (χ4v) is 14.1. The van der Waals surface area contributed by atoms with Gasteiger partial charge < -0.3 is 5.11 Å². The molecule has 0 aromatic heterocycles. The third-order valence-electron chi connectivity index (χ3n) is 11.3. The Morgan fingerprint density at radius 2 is 0.625 bits per heavy atom. The average Bonchev–Trinajstić information content (AvgIpc) is 2.68. The van der Waals surface area contributed by atoms with Crippen molar-refractivity contribution in [2.45, 2.75) is 81.4 Å². The van der Waals surface area contributed by atoms with Gasteiger partial charge in [0.15, 0.2) is 59.0 Å². The lowest BCUT2D eigenvalue weighted by Crippen LogP contribution is -2.06. The molecule has 0 heterocycles. The van der Waals surface area contributed by atoms with Gasteiger partial charge in [0, 0.05) is 43.5 Å².